The summed E-state index contributed by atoms with van der Waals surface area (Å²) in [6, 6.07) is 3.02. The summed E-state index contributed by atoms with van der Waals surface area (Å²) in [4.78, 5) is 16.6. The van der Waals surface area contributed by atoms with Gasteiger partial charge in [-0.1, -0.05) is 27.2 Å². The first kappa shape index (κ1) is 17.9. The molecule has 1 saturated carbocycles. The van der Waals surface area contributed by atoms with Crippen molar-refractivity contribution in [3.05, 3.63) is 18.3 Å². The number of carbonyl (C=O) groups is 1. The second-order valence-corrected chi connectivity index (χ2v) is 9.04. The summed E-state index contributed by atoms with van der Waals surface area (Å²) in [6.45, 7) is 6.53. The van der Waals surface area contributed by atoms with E-state index in [4.69, 9.17) is 0 Å². The van der Waals surface area contributed by atoms with Crippen LogP contribution in [0.15, 0.2) is 23.4 Å². The van der Waals surface area contributed by atoms with E-state index >= 15 is 0 Å². The van der Waals surface area contributed by atoms with E-state index in [0.717, 1.165) is 19.1 Å². The van der Waals surface area contributed by atoms with Crippen LogP contribution in [-0.2, 0) is 14.6 Å². The first-order valence-corrected chi connectivity index (χ1v) is 10.0. The first-order chi connectivity index (χ1) is 10.7. The third-order valence-corrected chi connectivity index (χ3v) is 5.74. The van der Waals surface area contributed by atoms with Crippen molar-refractivity contribution in [3.63, 3.8) is 0 Å². The van der Waals surface area contributed by atoms with Gasteiger partial charge in [0.05, 0.1) is 11.9 Å². The summed E-state index contributed by atoms with van der Waals surface area (Å²) < 4.78 is 22.8. The average Bonchev–Trinajstić information content (AvgIpc) is 2.46. The van der Waals surface area contributed by atoms with Crippen LogP contribution in [0.5, 0.6) is 0 Å². The van der Waals surface area contributed by atoms with Crippen molar-refractivity contribution in [1.29, 1.82) is 0 Å². The number of hydrogen-bond donors (Lipinski definition) is 1. The minimum Gasteiger partial charge on any atom is -0.324 e. The van der Waals surface area contributed by atoms with Gasteiger partial charge in [0.1, 0.15) is 0 Å². The number of carbonyl (C=O) groups excluding carboxylic acids is 1. The number of pyridine rings is 1. The van der Waals surface area contributed by atoms with Crippen molar-refractivity contribution >= 4 is 21.4 Å². The van der Waals surface area contributed by atoms with Crippen LogP contribution in [0.2, 0.25) is 0 Å². The van der Waals surface area contributed by atoms with Gasteiger partial charge in [0.25, 0.3) is 0 Å². The average molecular weight is 338 g/mol. The van der Waals surface area contributed by atoms with Gasteiger partial charge in [0.2, 0.25) is 5.91 Å². The van der Waals surface area contributed by atoms with Gasteiger partial charge in [-0.3, -0.25) is 4.79 Å². The lowest BCUT2D eigenvalue weighted by Gasteiger charge is -2.36. The van der Waals surface area contributed by atoms with Crippen LogP contribution in [-0.4, -0.2) is 25.6 Å². The maximum atomic E-state index is 12.7. The molecular weight excluding hydrogens is 312 g/mol. The fourth-order valence-corrected chi connectivity index (χ4v) is 3.97. The molecule has 0 unspecified atom stereocenters. The Morgan fingerprint density at radius 2 is 2.00 bits per heavy atom. The zero-order valence-electron chi connectivity index (χ0n) is 14.2. The number of sulfone groups is 1. The van der Waals surface area contributed by atoms with E-state index in [2.05, 4.69) is 31.1 Å². The van der Waals surface area contributed by atoms with Gasteiger partial charge >= 0.3 is 0 Å². The molecule has 3 atom stereocenters. The number of hydrogen-bond acceptors (Lipinski definition) is 4. The maximum Gasteiger partial charge on any atom is 0.227 e. The molecule has 1 fully saturated rings. The lowest BCUT2D eigenvalue weighted by Crippen LogP contribution is -2.36. The van der Waals surface area contributed by atoms with E-state index in [0.29, 0.717) is 23.4 Å². The van der Waals surface area contributed by atoms with Gasteiger partial charge in [0.15, 0.2) is 14.9 Å². The third-order valence-electron chi connectivity index (χ3n) is 4.74. The second kappa shape index (κ2) is 6.99. The van der Waals surface area contributed by atoms with Gasteiger partial charge in [-0.15, -0.1) is 0 Å². The number of aromatic nitrogens is 1. The molecule has 5 nitrogen and oxygen atoms in total. The zero-order chi connectivity index (χ0) is 17.2. The molecule has 0 bridgehead atoms. The fraction of sp³-hybridized carbons (Fsp3) is 0.647. The van der Waals surface area contributed by atoms with E-state index < -0.39 is 9.84 Å². The molecule has 1 aliphatic rings. The van der Waals surface area contributed by atoms with Crippen LogP contribution in [0, 0.1) is 23.7 Å². The number of anilines is 1. The number of nitrogens with one attached hydrogen (secondary N) is 1. The van der Waals surface area contributed by atoms with Gasteiger partial charge in [0, 0.05) is 12.2 Å². The molecular formula is C17H26N2O3S. The fourth-order valence-electron chi connectivity index (χ4n) is 3.41. The molecule has 1 aromatic heterocycles. The normalized spacial score (nSPS) is 25.3. The van der Waals surface area contributed by atoms with Crippen molar-refractivity contribution in [2.45, 2.75) is 45.1 Å². The Balaban J connectivity index is 2.10. The standard InChI is InChI=1S/C17H26N2O3S/c1-11(2)14-7-5-12(3)9-15(14)17(20)19-13-6-8-16(18-10-13)23(4,21)22/h6,8,10-12,14-15H,5,7,9H2,1-4H3,(H,19,20)/t12-,14+,15-/m1/s1. The van der Waals surface area contributed by atoms with Crippen LogP contribution in [0.4, 0.5) is 5.69 Å². The van der Waals surface area contributed by atoms with E-state index in [9.17, 15) is 13.2 Å². The quantitative estimate of drug-likeness (QED) is 0.915. The topological polar surface area (TPSA) is 76.1 Å². The second-order valence-electron chi connectivity index (χ2n) is 7.08. The Kier molecular flexibility index (Phi) is 5.45. The van der Waals surface area contributed by atoms with Crippen molar-refractivity contribution in [2.24, 2.45) is 23.7 Å². The zero-order valence-corrected chi connectivity index (χ0v) is 15.1. The summed E-state index contributed by atoms with van der Waals surface area (Å²) in [6.07, 6.45) is 5.69. The van der Waals surface area contributed by atoms with Crippen molar-refractivity contribution < 1.29 is 13.2 Å². The molecule has 128 valence electrons. The summed E-state index contributed by atoms with van der Waals surface area (Å²) >= 11 is 0. The molecule has 6 heteroatoms. The number of rotatable bonds is 4. The summed E-state index contributed by atoms with van der Waals surface area (Å²) in [5.41, 5.74) is 0.545. The Hall–Kier alpha value is -1.43. The predicted octanol–water partition coefficient (Wildman–Crippen LogP) is 3.13. The van der Waals surface area contributed by atoms with Gasteiger partial charge in [-0.05, 0) is 42.7 Å². The summed E-state index contributed by atoms with van der Waals surface area (Å²) in [7, 11) is -3.32. The molecule has 1 amide bonds. The van der Waals surface area contributed by atoms with Crippen LogP contribution >= 0.6 is 0 Å². The smallest absolute Gasteiger partial charge is 0.227 e. The number of nitrogens with zero attached hydrogens (tertiary/aromatic N) is 1. The lowest BCUT2D eigenvalue weighted by atomic mass is 9.70. The highest BCUT2D eigenvalue weighted by Crippen LogP contribution is 2.38. The highest BCUT2D eigenvalue weighted by molar-refractivity contribution is 7.90. The Morgan fingerprint density at radius 1 is 1.30 bits per heavy atom. The minimum absolute atomic E-state index is 0.00772. The molecule has 0 saturated heterocycles. The molecule has 0 radical (unpaired) electrons. The van der Waals surface area contributed by atoms with Crippen LogP contribution in [0.3, 0.4) is 0 Å². The SMILES string of the molecule is CC(C)[C@@H]1CC[C@@H](C)C[C@H]1C(=O)Nc1ccc(S(C)(=O)=O)nc1. The third kappa shape index (κ3) is 4.53. The van der Waals surface area contributed by atoms with Crippen LogP contribution in [0.25, 0.3) is 0 Å². The van der Waals surface area contributed by atoms with Gasteiger partial charge in [-0.2, -0.15) is 0 Å². The highest BCUT2D eigenvalue weighted by atomic mass is 32.2. The number of amides is 1. The molecule has 1 N–H and O–H groups in total. The monoisotopic (exact) mass is 338 g/mol. The molecule has 0 aromatic carbocycles. The maximum absolute atomic E-state index is 12.7. The van der Waals surface area contributed by atoms with Crippen molar-refractivity contribution in [2.75, 3.05) is 11.6 Å². The molecule has 1 heterocycles. The Morgan fingerprint density at radius 3 is 2.52 bits per heavy atom. The summed E-state index contributed by atoms with van der Waals surface area (Å²) in [5.74, 6) is 1.46. The largest absolute Gasteiger partial charge is 0.324 e. The predicted molar refractivity (Wildman–Crippen MR) is 90.8 cm³/mol. The van der Waals surface area contributed by atoms with Gasteiger partial charge < -0.3 is 5.32 Å². The summed E-state index contributed by atoms with van der Waals surface area (Å²) in [5, 5.41) is 2.92. The van der Waals surface area contributed by atoms with Crippen molar-refractivity contribution in [3.8, 4) is 0 Å². The molecule has 1 aromatic rings. The van der Waals surface area contributed by atoms with E-state index in [-0.39, 0.29) is 16.9 Å². The highest BCUT2D eigenvalue weighted by Gasteiger charge is 2.35. The van der Waals surface area contributed by atoms with E-state index in [1.165, 1.54) is 18.7 Å². The first-order valence-electron chi connectivity index (χ1n) is 8.15. The molecule has 1 aliphatic carbocycles. The Labute approximate surface area is 138 Å². The lowest BCUT2D eigenvalue weighted by molar-refractivity contribution is -0.123. The molecule has 0 aliphatic heterocycles. The van der Waals surface area contributed by atoms with E-state index in [1.54, 1.807) is 6.07 Å². The molecule has 0 spiro atoms. The molecule has 2 rings (SSSR count). The van der Waals surface area contributed by atoms with Crippen LogP contribution < -0.4 is 5.32 Å². The minimum atomic E-state index is -3.32. The van der Waals surface area contributed by atoms with Crippen molar-refractivity contribution in [1.82, 2.24) is 4.98 Å². The molecule has 23 heavy (non-hydrogen) atoms. The van der Waals surface area contributed by atoms with E-state index in [1.807, 2.05) is 0 Å². The Bertz CT molecular complexity index is 653. The van der Waals surface area contributed by atoms with Crippen LogP contribution in [0.1, 0.15) is 40.0 Å². The van der Waals surface area contributed by atoms with Gasteiger partial charge in [-0.25, -0.2) is 13.4 Å².